The van der Waals surface area contributed by atoms with Gasteiger partial charge in [-0.1, -0.05) is 13.8 Å². The molecule has 2 rings (SSSR count). The maximum atomic E-state index is 10.7. The molecule has 1 aromatic heterocycles. The van der Waals surface area contributed by atoms with E-state index in [2.05, 4.69) is 24.1 Å². The van der Waals surface area contributed by atoms with E-state index in [9.17, 15) is 4.79 Å². The first-order valence-electron chi connectivity index (χ1n) is 7.62. The number of carboxylic acid groups (broad SMARTS) is 1. The van der Waals surface area contributed by atoms with Gasteiger partial charge in [-0.3, -0.25) is 4.79 Å². The number of aromatic nitrogens is 1. The van der Waals surface area contributed by atoms with Gasteiger partial charge in [0.05, 0.1) is 18.7 Å². The van der Waals surface area contributed by atoms with Crippen LogP contribution in [0.15, 0.2) is 24.3 Å². The molecule has 0 aliphatic carbocycles. The fourth-order valence-electron chi connectivity index (χ4n) is 1.95. The zero-order valence-electron chi connectivity index (χ0n) is 13.6. The van der Waals surface area contributed by atoms with Gasteiger partial charge in [0.2, 0.25) is 0 Å². The Labute approximate surface area is 140 Å². The summed E-state index contributed by atoms with van der Waals surface area (Å²) in [6.07, 6.45) is 0.646. The predicted molar refractivity (Wildman–Crippen MR) is 92.9 cm³/mol. The van der Waals surface area contributed by atoms with Crippen molar-refractivity contribution in [1.29, 1.82) is 0 Å². The second kappa shape index (κ2) is 7.97. The second-order valence-corrected chi connectivity index (χ2v) is 6.86. The molecule has 1 aromatic carbocycles. The summed E-state index contributed by atoms with van der Waals surface area (Å²) in [4.78, 5) is 16.1. The number of nitrogens with one attached hydrogen (secondary N) is 1. The quantitative estimate of drug-likeness (QED) is 0.755. The van der Waals surface area contributed by atoms with E-state index in [4.69, 9.17) is 9.84 Å². The van der Waals surface area contributed by atoms with E-state index in [1.165, 1.54) is 11.3 Å². The van der Waals surface area contributed by atoms with Crippen LogP contribution in [0.5, 0.6) is 5.75 Å². The number of hydrogen-bond acceptors (Lipinski definition) is 5. The summed E-state index contributed by atoms with van der Waals surface area (Å²) in [6, 6.07) is 7.75. The fraction of sp³-hybridized carbons (Fsp3) is 0.412. The highest BCUT2D eigenvalue weighted by molar-refractivity contribution is 7.15. The van der Waals surface area contributed by atoms with Crippen molar-refractivity contribution in [3.63, 3.8) is 0 Å². The number of benzene rings is 1. The van der Waals surface area contributed by atoms with E-state index in [0.717, 1.165) is 27.1 Å². The van der Waals surface area contributed by atoms with E-state index in [0.29, 0.717) is 18.9 Å². The third-order valence-electron chi connectivity index (χ3n) is 3.15. The minimum atomic E-state index is -0.788. The molecule has 2 aromatic rings. The molecular weight excluding hydrogens is 312 g/mol. The third kappa shape index (κ3) is 5.56. The number of anilines is 2. The van der Waals surface area contributed by atoms with E-state index >= 15 is 0 Å². The van der Waals surface area contributed by atoms with Crippen LogP contribution in [0.1, 0.15) is 30.8 Å². The molecule has 0 amide bonds. The lowest BCUT2D eigenvalue weighted by Gasteiger charge is -2.09. The highest BCUT2D eigenvalue weighted by Crippen LogP contribution is 2.27. The summed E-state index contributed by atoms with van der Waals surface area (Å²) in [5.74, 6) is 0.557. The van der Waals surface area contributed by atoms with Gasteiger partial charge in [0.1, 0.15) is 5.75 Å². The molecule has 124 valence electrons. The van der Waals surface area contributed by atoms with Crippen molar-refractivity contribution in [2.75, 3.05) is 11.9 Å². The highest BCUT2D eigenvalue weighted by Gasteiger charge is 2.09. The van der Waals surface area contributed by atoms with Crippen LogP contribution in [0.2, 0.25) is 0 Å². The van der Waals surface area contributed by atoms with Crippen molar-refractivity contribution in [2.24, 2.45) is 5.92 Å². The van der Waals surface area contributed by atoms with Gasteiger partial charge in [-0.05, 0) is 43.5 Å². The molecule has 0 atom stereocenters. The Morgan fingerprint density at radius 3 is 2.65 bits per heavy atom. The number of carbonyl (C=O) groups is 1. The van der Waals surface area contributed by atoms with Gasteiger partial charge in [-0.25, -0.2) is 4.98 Å². The largest absolute Gasteiger partial charge is 0.493 e. The molecule has 2 N–H and O–H groups in total. The summed E-state index contributed by atoms with van der Waals surface area (Å²) >= 11 is 1.50. The second-order valence-electron chi connectivity index (χ2n) is 5.78. The van der Waals surface area contributed by atoms with Gasteiger partial charge in [-0.2, -0.15) is 0 Å². The first kappa shape index (κ1) is 17.3. The number of thiazole rings is 1. The van der Waals surface area contributed by atoms with Gasteiger partial charge in [0.25, 0.3) is 0 Å². The van der Waals surface area contributed by atoms with Crippen LogP contribution in [-0.2, 0) is 11.2 Å². The standard InChI is InChI=1S/C17H22N2O3S/c1-11(2)10-22-14-6-4-13(5-7-14)19-17-18-12(3)15(23-17)8-9-16(20)21/h4-7,11H,8-10H2,1-3H3,(H,18,19)(H,20,21). The van der Waals surface area contributed by atoms with Crippen molar-refractivity contribution in [1.82, 2.24) is 4.98 Å². The van der Waals surface area contributed by atoms with Crippen molar-refractivity contribution >= 4 is 28.1 Å². The molecule has 0 saturated carbocycles. The fourth-order valence-corrected chi connectivity index (χ4v) is 2.94. The smallest absolute Gasteiger partial charge is 0.303 e. The minimum Gasteiger partial charge on any atom is -0.493 e. The van der Waals surface area contributed by atoms with Crippen LogP contribution >= 0.6 is 11.3 Å². The van der Waals surface area contributed by atoms with Gasteiger partial charge in [0, 0.05) is 10.6 Å². The molecule has 0 saturated heterocycles. The van der Waals surface area contributed by atoms with E-state index < -0.39 is 5.97 Å². The summed E-state index contributed by atoms with van der Waals surface area (Å²) in [5, 5.41) is 12.8. The Hall–Kier alpha value is -2.08. The van der Waals surface area contributed by atoms with Gasteiger partial charge < -0.3 is 15.2 Å². The van der Waals surface area contributed by atoms with Crippen LogP contribution in [0.25, 0.3) is 0 Å². The first-order valence-corrected chi connectivity index (χ1v) is 8.43. The monoisotopic (exact) mass is 334 g/mol. The topological polar surface area (TPSA) is 71.5 Å². The molecule has 0 unspecified atom stereocenters. The van der Waals surface area contributed by atoms with Crippen molar-refractivity contribution in [3.05, 3.63) is 34.8 Å². The normalized spacial score (nSPS) is 10.8. The molecule has 1 heterocycles. The van der Waals surface area contributed by atoms with E-state index in [-0.39, 0.29) is 6.42 Å². The summed E-state index contributed by atoms with van der Waals surface area (Å²) < 4.78 is 5.65. The third-order valence-corrected chi connectivity index (χ3v) is 4.28. The Kier molecular flexibility index (Phi) is 5.98. The summed E-state index contributed by atoms with van der Waals surface area (Å²) in [6.45, 7) is 6.83. The minimum absolute atomic E-state index is 0.129. The molecule has 0 aliphatic heterocycles. The molecule has 5 nitrogen and oxygen atoms in total. The average Bonchev–Trinajstić information content (AvgIpc) is 2.84. The number of ether oxygens (including phenoxy) is 1. The average molecular weight is 334 g/mol. The van der Waals surface area contributed by atoms with E-state index in [1.807, 2.05) is 31.2 Å². The van der Waals surface area contributed by atoms with Crippen LogP contribution in [0.4, 0.5) is 10.8 Å². The van der Waals surface area contributed by atoms with Crippen molar-refractivity contribution in [2.45, 2.75) is 33.6 Å². The zero-order chi connectivity index (χ0) is 16.8. The van der Waals surface area contributed by atoms with Crippen LogP contribution in [0, 0.1) is 12.8 Å². The SMILES string of the molecule is Cc1nc(Nc2ccc(OCC(C)C)cc2)sc1CCC(=O)O. The molecule has 0 radical (unpaired) electrons. The zero-order valence-corrected chi connectivity index (χ0v) is 14.4. The first-order chi connectivity index (χ1) is 10.9. The predicted octanol–water partition coefficient (Wildman–Crippen LogP) is 4.25. The summed E-state index contributed by atoms with van der Waals surface area (Å²) in [7, 11) is 0. The number of nitrogens with zero attached hydrogens (tertiary/aromatic N) is 1. The number of hydrogen-bond donors (Lipinski definition) is 2. The Morgan fingerprint density at radius 1 is 1.35 bits per heavy atom. The lowest BCUT2D eigenvalue weighted by Crippen LogP contribution is -2.04. The maximum absolute atomic E-state index is 10.7. The maximum Gasteiger partial charge on any atom is 0.303 e. The molecule has 0 aliphatic rings. The Balaban J connectivity index is 1.96. The molecule has 0 spiro atoms. The van der Waals surface area contributed by atoms with Crippen LogP contribution < -0.4 is 10.1 Å². The number of aryl methyl sites for hydroxylation is 2. The van der Waals surface area contributed by atoms with Gasteiger partial charge in [0.15, 0.2) is 5.13 Å². The molecule has 6 heteroatoms. The number of aliphatic carboxylic acids is 1. The van der Waals surface area contributed by atoms with E-state index in [1.54, 1.807) is 0 Å². The molecule has 0 fully saturated rings. The van der Waals surface area contributed by atoms with Crippen LogP contribution in [0.3, 0.4) is 0 Å². The van der Waals surface area contributed by atoms with Crippen molar-refractivity contribution < 1.29 is 14.6 Å². The lowest BCUT2D eigenvalue weighted by atomic mass is 10.2. The lowest BCUT2D eigenvalue weighted by molar-refractivity contribution is -0.136. The van der Waals surface area contributed by atoms with Crippen LogP contribution in [-0.4, -0.2) is 22.7 Å². The highest BCUT2D eigenvalue weighted by atomic mass is 32.1. The van der Waals surface area contributed by atoms with Gasteiger partial charge in [-0.15, -0.1) is 11.3 Å². The summed E-state index contributed by atoms with van der Waals surface area (Å²) in [5.41, 5.74) is 1.82. The molecular formula is C17H22N2O3S. The Morgan fingerprint density at radius 2 is 2.04 bits per heavy atom. The molecule has 23 heavy (non-hydrogen) atoms. The number of carboxylic acids is 1. The Bertz CT molecular complexity index is 650. The molecule has 0 bridgehead atoms. The number of rotatable bonds is 8. The van der Waals surface area contributed by atoms with Crippen molar-refractivity contribution in [3.8, 4) is 5.75 Å². The van der Waals surface area contributed by atoms with Gasteiger partial charge >= 0.3 is 5.97 Å².